The highest BCUT2D eigenvalue weighted by Gasteiger charge is 2.35. The van der Waals surface area contributed by atoms with Gasteiger partial charge in [-0.25, -0.2) is 9.18 Å². The van der Waals surface area contributed by atoms with Crippen LogP contribution in [0.2, 0.25) is 5.02 Å². The molecule has 3 heterocycles. The highest BCUT2D eigenvalue weighted by molar-refractivity contribution is 6.31. The van der Waals surface area contributed by atoms with Gasteiger partial charge in [0.1, 0.15) is 5.82 Å². The number of urea groups is 1. The van der Waals surface area contributed by atoms with Gasteiger partial charge in [-0.3, -0.25) is 0 Å². The normalized spacial score (nSPS) is 16.7. The summed E-state index contributed by atoms with van der Waals surface area (Å²) >= 11 is 6.25. The number of nitrogens with one attached hydrogen (secondary N) is 2. The molecule has 0 radical (unpaired) electrons. The van der Waals surface area contributed by atoms with Crippen molar-refractivity contribution in [2.75, 3.05) is 18.7 Å². The largest absolute Gasteiger partial charge is 0.454 e. The molecule has 0 fully saturated rings. The van der Waals surface area contributed by atoms with Gasteiger partial charge in [-0.05, 0) is 60.0 Å². The molecule has 1 unspecified atom stereocenters. The van der Waals surface area contributed by atoms with Gasteiger partial charge in [-0.15, -0.1) is 0 Å². The fraction of sp³-hybridized carbons (Fsp3) is 0.160. The number of H-pyrrole nitrogens is 1. The van der Waals surface area contributed by atoms with Crippen molar-refractivity contribution in [2.45, 2.75) is 12.5 Å². The molecule has 1 atom stereocenters. The number of fused-ring (bicyclic) bond motifs is 4. The fourth-order valence-corrected chi connectivity index (χ4v) is 4.81. The number of hydrogen-bond donors (Lipinski definition) is 2. The Morgan fingerprint density at radius 3 is 2.73 bits per heavy atom. The molecule has 33 heavy (non-hydrogen) atoms. The van der Waals surface area contributed by atoms with Crippen molar-refractivity contribution in [2.24, 2.45) is 0 Å². The summed E-state index contributed by atoms with van der Waals surface area (Å²) < 4.78 is 24.4. The summed E-state index contributed by atoms with van der Waals surface area (Å²) in [7, 11) is 0. The van der Waals surface area contributed by atoms with Crippen LogP contribution in [-0.2, 0) is 6.42 Å². The quantitative estimate of drug-likeness (QED) is 0.391. The maximum absolute atomic E-state index is 13.7. The summed E-state index contributed by atoms with van der Waals surface area (Å²) in [6, 6.07) is 16.6. The highest BCUT2D eigenvalue weighted by atomic mass is 35.5. The second kappa shape index (κ2) is 7.71. The van der Waals surface area contributed by atoms with Gasteiger partial charge in [0.05, 0.1) is 6.04 Å². The van der Waals surface area contributed by atoms with E-state index in [0.29, 0.717) is 35.2 Å². The van der Waals surface area contributed by atoms with E-state index >= 15 is 0 Å². The summed E-state index contributed by atoms with van der Waals surface area (Å²) in [5.74, 6) is 0.919. The number of ether oxygens (including phenoxy) is 2. The minimum absolute atomic E-state index is 0.165. The summed E-state index contributed by atoms with van der Waals surface area (Å²) in [6.45, 7) is 0.656. The van der Waals surface area contributed by atoms with Crippen LogP contribution in [0.5, 0.6) is 11.5 Å². The molecular formula is C25H19ClFN3O3. The van der Waals surface area contributed by atoms with E-state index in [1.165, 1.54) is 12.1 Å². The van der Waals surface area contributed by atoms with Crippen molar-refractivity contribution in [1.82, 2.24) is 9.88 Å². The topological polar surface area (TPSA) is 66.6 Å². The molecule has 0 saturated heterocycles. The van der Waals surface area contributed by atoms with Crippen molar-refractivity contribution in [3.05, 3.63) is 88.3 Å². The van der Waals surface area contributed by atoms with Crippen LogP contribution in [-0.4, -0.2) is 29.3 Å². The van der Waals surface area contributed by atoms with E-state index in [1.807, 2.05) is 18.2 Å². The minimum Gasteiger partial charge on any atom is -0.454 e. The first-order valence-electron chi connectivity index (χ1n) is 10.6. The second-order valence-electron chi connectivity index (χ2n) is 8.10. The number of aromatic nitrogens is 1. The van der Waals surface area contributed by atoms with Gasteiger partial charge in [0, 0.05) is 39.9 Å². The molecule has 0 aliphatic carbocycles. The lowest BCUT2D eigenvalue weighted by molar-refractivity contribution is 0.174. The predicted octanol–water partition coefficient (Wildman–Crippen LogP) is 5.87. The van der Waals surface area contributed by atoms with E-state index in [0.717, 1.165) is 27.7 Å². The molecule has 2 aliphatic heterocycles. The Morgan fingerprint density at radius 1 is 1.06 bits per heavy atom. The summed E-state index contributed by atoms with van der Waals surface area (Å²) in [6.07, 6.45) is 0.669. The summed E-state index contributed by atoms with van der Waals surface area (Å²) in [4.78, 5) is 18.7. The first-order valence-corrected chi connectivity index (χ1v) is 11.0. The van der Waals surface area contributed by atoms with Gasteiger partial charge in [-0.1, -0.05) is 23.7 Å². The van der Waals surface area contributed by atoms with Gasteiger partial charge < -0.3 is 24.7 Å². The second-order valence-corrected chi connectivity index (χ2v) is 8.54. The van der Waals surface area contributed by atoms with Crippen LogP contribution >= 0.6 is 11.6 Å². The van der Waals surface area contributed by atoms with Gasteiger partial charge in [0.15, 0.2) is 11.5 Å². The van der Waals surface area contributed by atoms with Crippen molar-refractivity contribution in [3.63, 3.8) is 0 Å². The number of aromatic amines is 1. The zero-order valence-electron chi connectivity index (χ0n) is 17.4. The van der Waals surface area contributed by atoms with Crippen LogP contribution in [0.15, 0.2) is 60.7 Å². The van der Waals surface area contributed by atoms with E-state index in [2.05, 4.69) is 10.3 Å². The number of benzene rings is 3. The molecule has 6 rings (SSSR count). The van der Waals surface area contributed by atoms with E-state index in [-0.39, 0.29) is 18.6 Å². The Hall–Kier alpha value is -3.71. The third kappa shape index (κ3) is 3.45. The lowest BCUT2D eigenvalue weighted by Crippen LogP contribution is -2.43. The number of amides is 2. The molecule has 2 N–H and O–H groups in total. The Labute approximate surface area is 193 Å². The molecular weight excluding hydrogens is 445 g/mol. The van der Waals surface area contributed by atoms with Crippen LogP contribution < -0.4 is 14.8 Å². The van der Waals surface area contributed by atoms with E-state index in [9.17, 15) is 9.18 Å². The predicted molar refractivity (Wildman–Crippen MR) is 124 cm³/mol. The smallest absolute Gasteiger partial charge is 0.322 e. The van der Waals surface area contributed by atoms with Gasteiger partial charge >= 0.3 is 6.03 Å². The lowest BCUT2D eigenvalue weighted by Gasteiger charge is -2.36. The first-order chi connectivity index (χ1) is 16.1. The number of hydrogen-bond acceptors (Lipinski definition) is 3. The van der Waals surface area contributed by atoms with Gasteiger partial charge in [-0.2, -0.15) is 0 Å². The van der Waals surface area contributed by atoms with Gasteiger partial charge in [0.25, 0.3) is 0 Å². The SMILES string of the molecule is O=C(Nc1ccc2c(c1)OCO2)N1CCc2c([nH]c3ccc(Cl)cc23)C1c1ccc(F)cc1. The maximum atomic E-state index is 13.7. The molecule has 2 amide bonds. The number of nitrogens with zero attached hydrogens (tertiary/aromatic N) is 1. The molecule has 4 aromatic rings. The molecule has 166 valence electrons. The van der Waals surface area contributed by atoms with E-state index in [4.69, 9.17) is 21.1 Å². The van der Waals surface area contributed by atoms with Crippen molar-refractivity contribution < 1.29 is 18.7 Å². The average Bonchev–Trinajstić information content (AvgIpc) is 3.43. The van der Waals surface area contributed by atoms with Crippen molar-refractivity contribution in [1.29, 1.82) is 0 Å². The van der Waals surface area contributed by atoms with Crippen LogP contribution in [0.3, 0.4) is 0 Å². The monoisotopic (exact) mass is 463 g/mol. The molecule has 0 bridgehead atoms. The fourth-order valence-electron chi connectivity index (χ4n) is 4.64. The zero-order valence-corrected chi connectivity index (χ0v) is 18.2. The average molecular weight is 464 g/mol. The van der Waals surface area contributed by atoms with E-state index < -0.39 is 6.04 Å². The van der Waals surface area contributed by atoms with Gasteiger partial charge in [0.2, 0.25) is 6.79 Å². The Kier molecular flexibility index (Phi) is 4.66. The molecule has 6 nitrogen and oxygen atoms in total. The molecule has 3 aromatic carbocycles. The van der Waals surface area contributed by atoms with Crippen LogP contribution in [0.25, 0.3) is 10.9 Å². The molecule has 2 aliphatic rings. The molecule has 0 saturated carbocycles. The highest BCUT2D eigenvalue weighted by Crippen LogP contribution is 2.40. The third-order valence-electron chi connectivity index (χ3n) is 6.16. The Balaban J connectivity index is 1.40. The number of carbonyl (C=O) groups excluding carboxylic acids is 1. The Bertz CT molecular complexity index is 1390. The van der Waals surface area contributed by atoms with Crippen LogP contribution in [0.4, 0.5) is 14.9 Å². The van der Waals surface area contributed by atoms with Crippen LogP contribution in [0, 0.1) is 5.82 Å². The van der Waals surface area contributed by atoms with Crippen molar-refractivity contribution in [3.8, 4) is 11.5 Å². The summed E-state index contributed by atoms with van der Waals surface area (Å²) in [5, 5.41) is 4.67. The van der Waals surface area contributed by atoms with Crippen molar-refractivity contribution >= 4 is 34.2 Å². The zero-order chi connectivity index (χ0) is 22.5. The molecule has 1 aromatic heterocycles. The number of halogens is 2. The standard InChI is InChI=1S/C25H19ClFN3O3/c26-15-3-7-20-19(11-15)18-9-10-30(24(23(18)29-20)14-1-4-16(27)5-2-14)25(31)28-17-6-8-21-22(12-17)33-13-32-21/h1-8,11-12,24,29H,9-10,13H2,(H,28,31). The summed E-state index contributed by atoms with van der Waals surface area (Å²) in [5.41, 5.74) is 4.40. The minimum atomic E-state index is -0.408. The number of carbonyl (C=O) groups is 1. The molecule has 8 heteroatoms. The Morgan fingerprint density at radius 2 is 1.88 bits per heavy atom. The number of anilines is 1. The molecule has 0 spiro atoms. The number of rotatable bonds is 2. The maximum Gasteiger partial charge on any atom is 0.322 e. The third-order valence-corrected chi connectivity index (χ3v) is 6.39. The van der Waals surface area contributed by atoms with Crippen LogP contribution in [0.1, 0.15) is 22.9 Å². The first kappa shape index (κ1) is 19.9. The lowest BCUT2D eigenvalue weighted by atomic mass is 9.92. The van der Waals surface area contributed by atoms with E-state index in [1.54, 1.807) is 35.2 Å².